The summed E-state index contributed by atoms with van der Waals surface area (Å²) in [4.78, 5) is 10.7. The maximum absolute atomic E-state index is 10.7. The van der Waals surface area contributed by atoms with Crippen molar-refractivity contribution in [3.8, 4) is 0 Å². The van der Waals surface area contributed by atoms with Crippen molar-refractivity contribution in [1.29, 1.82) is 0 Å². The Kier molecular flexibility index (Phi) is 2.65. The molecule has 3 nitrogen and oxygen atoms in total. The fourth-order valence-corrected chi connectivity index (χ4v) is 0.772. The zero-order valence-corrected chi connectivity index (χ0v) is 6.49. The molecule has 0 saturated heterocycles. The summed E-state index contributed by atoms with van der Waals surface area (Å²) in [6.07, 6.45) is 3.92. The van der Waals surface area contributed by atoms with Gasteiger partial charge in [0.25, 0.3) is 0 Å². The molecule has 1 saturated carbocycles. The molecule has 11 heavy (non-hydrogen) atoms. The summed E-state index contributed by atoms with van der Waals surface area (Å²) in [5, 5.41) is 9.11. The summed E-state index contributed by atoms with van der Waals surface area (Å²) < 4.78 is 4.64. The Hall–Kier alpha value is -0.830. The zero-order valence-electron chi connectivity index (χ0n) is 6.49. The molecule has 0 aromatic carbocycles. The fraction of sp³-hybridized carbons (Fsp3) is 0.625. The molecule has 62 valence electrons. The molecule has 0 bridgehead atoms. The van der Waals surface area contributed by atoms with E-state index >= 15 is 0 Å². The quantitative estimate of drug-likeness (QED) is 0.374. The largest absolute Gasteiger partial charge is 0.433 e. The Morgan fingerprint density at radius 2 is 2.36 bits per heavy atom. The third kappa shape index (κ3) is 2.72. The number of allylic oxidation sites excluding steroid dienone is 1. The van der Waals surface area contributed by atoms with Gasteiger partial charge in [0, 0.05) is 12.0 Å². The van der Waals surface area contributed by atoms with E-state index in [0.29, 0.717) is 0 Å². The second-order valence-corrected chi connectivity index (χ2v) is 2.66. The Morgan fingerprint density at radius 3 is 2.82 bits per heavy atom. The molecule has 1 unspecified atom stereocenters. The zero-order chi connectivity index (χ0) is 8.27. The Bertz CT molecular complexity index is 170. The van der Waals surface area contributed by atoms with Crippen LogP contribution in [-0.4, -0.2) is 17.4 Å². The van der Waals surface area contributed by atoms with Crippen molar-refractivity contribution in [2.24, 2.45) is 5.92 Å². The lowest BCUT2D eigenvalue weighted by atomic mass is 10.4. The highest BCUT2D eigenvalue weighted by Gasteiger charge is 2.32. The van der Waals surface area contributed by atoms with Gasteiger partial charge in [-0.05, 0) is 19.8 Å². The van der Waals surface area contributed by atoms with Crippen LogP contribution >= 0.6 is 0 Å². The van der Waals surface area contributed by atoms with Gasteiger partial charge in [-0.15, -0.1) is 0 Å². The van der Waals surface area contributed by atoms with Crippen molar-refractivity contribution in [3.63, 3.8) is 0 Å². The lowest BCUT2D eigenvalue weighted by Crippen LogP contribution is -2.17. The second-order valence-electron chi connectivity index (χ2n) is 2.66. The molecule has 1 fully saturated rings. The molecule has 0 radical (unpaired) electrons. The molecular formula is C8H12O3. The van der Waals surface area contributed by atoms with Crippen LogP contribution in [0.15, 0.2) is 12.2 Å². The van der Waals surface area contributed by atoms with E-state index in [9.17, 15) is 4.79 Å². The van der Waals surface area contributed by atoms with E-state index in [1.807, 2.05) is 0 Å². The van der Waals surface area contributed by atoms with Crippen LogP contribution in [0.4, 0.5) is 0 Å². The van der Waals surface area contributed by atoms with Crippen molar-refractivity contribution in [2.75, 3.05) is 0 Å². The third-order valence-electron chi connectivity index (χ3n) is 1.56. The molecule has 0 aromatic rings. The van der Waals surface area contributed by atoms with Crippen molar-refractivity contribution in [3.05, 3.63) is 12.2 Å². The molecule has 0 aliphatic heterocycles. The van der Waals surface area contributed by atoms with Gasteiger partial charge in [-0.2, -0.15) is 0 Å². The fourth-order valence-electron chi connectivity index (χ4n) is 0.772. The monoisotopic (exact) mass is 156 g/mol. The molecule has 0 heterocycles. The van der Waals surface area contributed by atoms with Crippen LogP contribution in [0.5, 0.6) is 0 Å². The topological polar surface area (TPSA) is 46.5 Å². The van der Waals surface area contributed by atoms with Gasteiger partial charge in [0.05, 0.1) is 0 Å². The molecule has 0 spiro atoms. The first kappa shape index (κ1) is 8.27. The van der Waals surface area contributed by atoms with Gasteiger partial charge in [-0.3, -0.25) is 0 Å². The first-order chi connectivity index (χ1) is 5.24. The summed E-state index contributed by atoms with van der Waals surface area (Å²) in [7, 11) is 0. The van der Waals surface area contributed by atoms with Gasteiger partial charge in [-0.1, -0.05) is 6.08 Å². The Balaban J connectivity index is 2.22. The van der Waals surface area contributed by atoms with E-state index in [-0.39, 0.29) is 5.92 Å². The summed E-state index contributed by atoms with van der Waals surface area (Å²) in [5.74, 6) is -0.281. The maximum Gasteiger partial charge on any atom is 0.332 e. The first-order valence-electron chi connectivity index (χ1n) is 3.75. The average Bonchev–Trinajstić information content (AvgIpc) is 2.67. The van der Waals surface area contributed by atoms with Crippen LogP contribution in [0.2, 0.25) is 0 Å². The normalized spacial score (nSPS) is 20.2. The average molecular weight is 156 g/mol. The number of rotatable bonds is 3. The lowest BCUT2D eigenvalue weighted by Gasteiger charge is -2.07. The summed E-state index contributed by atoms with van der Waals surface area (Å²) in [5.41, 5.74) is 0. The minimum atomic E-state index is -0.890. The molecule has 0 aromatic heterocycles. The van der Waals surface area contributed by atoms with Crippen LogP contribution in [0, 0.1) is 5.92 Å². The smallest absolute Gasteiger partial charge is 0.332 e. The van der Waals surface area contributed by atoms with E-state index in [4.69, 9.17) is 5.11 Å². The number of esters is 1. The number of carbonyl (C=O) groups is 1. The Labute approximate surface area is 65.7 Å². The van der Waals surface area contributed by atoms with Crippen LogP contribution in [0.1, 0.15) is 19.8 Å². The molecule has 1 rings (SSSR count). The van der Waals surface area contributed by atoms with Gasteiger partial charge in [0.15, 0.2) is 0 Å². The van der Waals surface area contributed by atoms with Gasteiger partial charge in [0.1, 0.15) is 0 Å². The standard InChI is InChI=1S/C8H12O3/c1-2-3-7(9)11-8(10)6-4-5-6/h2-3,6,8,10H,4-5H2,1H3/b3-2+. The van der Waals surface area contributed by atoms with E-state index in [1.165, 1.54) is 6.08 Å². The van der Waals surface area contributed by atoms with Crippen molar-refractivity contribution >= 4 is 5.97 Å². The molecule has 0 amide bonds. The highest BCUT2D eigenvalue weighted by molar-refractivity contribution is 5.81. The molecule has 3 heteroatoms. The minimum absolute atomic E-state index is 0.184. The van der Waals surface area contributed by atoms with Gasteiger partial charge >= 0.3 is 5.97 Å². The SMILES string of the molecule is C/C=C/C(=O)OC(O)C1CC1. The molecule has 1 aliphatic carbocycles. The maximum atomic E-state index is 10.7. The highest BCUT2D eigenvalue weighted by Crippen LogP contribution is 2.32. The minimum Gasteiger partial charge on any atom is -0.433 e. The highest BCUT2D eigenvalue weighted by atomic mass is 16.6. The van der Waals surface area contributed by atoms with Crippen molar-refractivity contribution in [1.82, 2.24) is 0 Å². The summed E-state index contributed by atoms with van der Waals surface area (Å²) in [6.45, 7) is 1.73. The molecule has 1 N–H and O–H groups in total. The molecule has 1 atom stereocenters. The predicted molar refractivity (Wildman–Crippen MR) is 39.6 cm³/mol. The third-order valence-corrected chi connectivity index (χ3v) is 1.56. The summed E-state index contributed by atoms with van der Waals surface area (Å²) in [6, 6.07) is 0. The van der Waals surface area contributed by atoms with Crippen LogP contribution in [0.3, 0.4) is 0 Å². The van der Waals surface area contributed by atoms with E-state index in [1.54, 1.807) is 13.0 Å². The number of ether oxygens (including phenoxy) is 1. The number of hydrogen-bond acceptors (Lipinski definition) is 3. The van der Waals surface area contributed by atoms with Crippen LogP contribution in [-0.2, 0) is 9.53 Å². The van der Waals surface area contributed by atoms with Crippen molar-refractivity contribution < 1.29 is 14.6 Å². The number of hydrogen-bond donors (Lipinski definition) is 1. The number of aliphatic hydroxyl groups is 1. The number of aliphatic hydroxyl groups excluding tert-OH is 1. The van der Waals surface area contributed by atoms with E-state index < -0.39 is 12.3 Å². The van der Waals surface area contributed by atoms with E-state index in [2.05, 4.69) is 4.74 Å². The Morgan fingerprint density at radius 1 is 1.73 bits per heavy atom. The molecular weight excluding hydrogens is 144 g/mol. The number of carbonyl (C=O) groups excluding carboxylic acids is 1. The molecule has 1 aliphatic rings. The van der Waals surface area contributed by atoms with Crippen molar-refractivity contribution in [2.45, 2.75) is 26.1 Å². The predicted octanol–water partition coefficient (Wildman–Crippen LogP) is 0.834. The van der Waals surface area contributed by atoms with E-state index in [0.717, 1.165) is 12.8 Å². The first-order valence-corrected chi connectivity index (χ1v) is 3.75. The van der Waals surface area contributed by atoms with Gasteiger partial charge in [-0.25, -0.2) is 4.79 Å². The van der Waals surface area contributed by atoms with Crippen LogP contribution in [0.25, 0.3) is 0 Å². The summed E-state index contributed by atoms with van der Waals surface area (Å²) >= 11 is 0. The van der Waals surface area contributed by atoms with Gasteiger partial charge in [0.2, 0.25) is 6.29 Å². The lowest BCUT2D eigenvalue weighted by molar-refractivity contribution is -0.164. The second kappa shape index (κ2) is 3.53. The van der Waals surface area contributed by atoms with Crippen LogP contribution < -0.4 is 0 Å². The van der Waals surface area contributed by atoms with Gasteiger partial charge < -0.3 is 9.84 Å².